The standard InChI is InChI=1S/C24H23F2N3O6S2/c1-34-18-6-2-15(3-7-18)12-20-22(31)29(17-4-8-19(9-5-17)35-23(25)26)24(28-20)36-13-21(30)27-16-10-11-37(32,33)14-16/h2-9,12,16,23H,10-11,13-14H2,1H3,(H,27,30)/b20-12+/t16-/m0/s1. The number of thioether (sulfide) groups is 1. The van der Waals surface area contributed by atoms with Crippen LogP contribution in [0.4, 0.5) is 14.5 Å². The van der Waals surface area contributed by atoms with Crippen molar-refractivity contribution >= 4 is 50.3 Å². The molecule has 1 fully saturated rings. The van der Waals surface area contributed by atoms with Crippen LogP contribution in [0.25, 0.3) is 6.08 Å². The summed E-state index contributed by atoms with van der Waals surface area (Å²) in [5.41, 5.74) is 1.15. The number of sulfone groups is 1. The number of halogens is 2. The van der Waals surface area contributed by atoms with Crippen LogP contribution in [-0.2, 0) is 19.4 Å². The number of amides is 2. The Hall–Kier alpha value is -3.45. The minimum Gasteiger partial charge on any atom is -0.497 e. The molecule has 2 amide bonds. The number of amidine groups is 1. The molecular weight excluding hydrogens is 528 g/mol. The fourth-order valence-electron chi connectivity index (χ4n) is 3.76. The maximum absolute atomic E-state index is 13.3. The van der Waals surface area contributed by atoms with E-state index < -0.39 is 34.3 Å². The number of alkyl halides is 2. The van der Waals surface area contributed by atoms with Crippen LogP contribution < -0.4 is 19.7 Å². The molecule has 37 heavy (non-hydrogen) atoms. The summed E-state index contributed by atoms with van der Waals surface area (Å²) in [5, 5.41) is 2.91. The summed E-state index contributed by atoms with van der Waals surface area (Å²) < 4.78 is 57.9. The molecule has 1 saturated heterocycles. The van der Waals surface area contributed by atoms with Gasteiger partial charge in [-0.1, -0.05) is 23.9 Å². The molecular formula is C24H23F2N3O6S2. The summed E-state index contributed by atoms with van der Waals surface area (Å²) >= 11 is 0.999. The first-order chi connectivity index (χ1) is 17.6. The molecule has 2 aromatic carbocycles. The Morgan fingerprint density at radius 1 is 1.19 bits per heavy atom. The Labute approximate surface area is 216 Å². The molecule has 13 heteroatoms. The number of benzene rings is 2. The Balaban J connectivity index is 1.54. The van der Waals surface area contributed by atoms with Gasteiger partial charge in [-0.3, -0.25) is 14.5 Å². The van der Waals surface area contributed by atoms with E-state index in [-0.39, 0.29) is 33.9 Å². The third-order valence-corrected chi connectivity index (χ3v) is 8.21. The van der Waals surface area contributed by atoms with Gasteiger partial charge in [-0.25, -0.2) is 13.4 Å². The monoisotopic (exact) mass is 551 g/mol. The number of methoxy groups -OCH3 is 1. The lowest BCUT2D eigenvalue weighted by atomic mass is 10.2. The molecule has 0 saturated carbocycles. The predicted molar refractivity (Wildman–Crippen MR) is 137 cm³/mol. The van der Waals surface area contributed by atoms with Crippen LogP contribution in [0.3, 0.4) is 0 Å². The smallest absolute Gasteiger partial charge is 0.387 e. The minimum absolute atomic E-state index is 0.0326. The number of anilines is 1. The summed E-state index contributed by atoms with van der Waals surface area (Å²) in [6, 6.07) is 12.0. The van der Waals surface area contributed by atoms with E-state index in [1.165, 1.54) is 29.2 Å². The van der Waals surface area contributed by atoms with Crippen LogP contribution in [0, 0.1) is 0 Å². The number of rotatable bonds is 8. The zero-order valence-corrected chi connectivity index (χ0v) is 21.2. The molecule has 196 valence electrons. The number of nitrogens with zero attached hydrogens (tertiary/aromatic N) is 2. The van der Waals surface area contributed by atoms with Gasteiger partial charge in [-0.15, -0.1) is 0 Å². The molecule has 2 aliphatic heterocycles. The highest BCUT2D eigenvalue weighted by molar-refractivity contribution is 8.14. The third-order valence-electron chi connectivity index (χ3n) is 5.50. The van der Waals surface area contributed by atoms with E-state index in [2.05, 4.69) is 15.0 Å². The number of nitrogens with one attached hydrogen (secondary N) is 1. The first kappa shape index (κ1) is 26.6. The fourth-order valence-corrected chi connectivity index (χ4v) is 6.26. The first-order valence-corrected chi connectivity index (χ1v) is 13.9. The highest BCUT2D eigenvalue weighted by Crippen LogP contribution is 2.31. The van der Waals surface area contributed by atoms with E-state index in [0.29, 0.717) is 23.4 Å². The topological polar surface area (TPSA) is 114 Å². The maximum Gasteiger partial charge on any atom is 0.387 e. The van der Waals surface area contributed by atoms with Crippen molar-refractivity contribution < 1.29 is 36.3 Å². The average Bonchev–Trinajstić information content (AvgIpc) is 3.36. The zero-order chi connectivity index (χ0) is 26.6. The number of carbonyl (C=O) groups excluding carboxylic acids is 2. The molecule has 2 aromatic rings. The number of hydrogen-bond donors (Lipinski definition) is 1. The highest BCUT2D eigenvalue weighted by Gasteiger charge is 2.33. The molecule has 2 heterocycles. The molecule has 0 spiro atoms. The predicted octanol–water partition coefficient (Wildman–Crippen LogP) is 3.08. The second-order valence-electron chi connectivity index (χ2n) is 8.17. The molecule has 1 N–H and O–H groups in total. The van der Waals surface area contributed by atoms with Crippen molar-refractivity contribution in [2.45, 2.75) is 19.1 Å². The summed E-state index contributed by atoms with van der Waals surface area (Å²) in [6.45, 7) is -2.99. The molecule has 4 rings (SSSR count). The van der Waals surface area contributed by atoms with Gasteiger partial charge in [0.2, 0.25) is 5.91 Å². The molecule has 0 radical (unpaired) electrons. The van der Waals surface area contributed by atoms with Gasteiger partial charge in [0.15, 0.2) is 15.0 Å². The Morgan fingerprint density at radius 2 is 1.86 bits per heavy atom. The van der Waals surface area contributed by atoms with E-state index in [4.69, 9.17) is 4.74 Å². The molecule has 0 bridgehead atoms. The van der Waals surface area contributed by atoms with Gasteiger partial charge in [-0.2, -0.15) is 8.78 Å². The summed E-state index contributed by atoms with van der Waals surface area (Å²) in [4.78, 5) is 31.5. The van der Waals surface area contributed by atoms with Crippen LogP contribution in [0.5, 0.6) is 11.5 Å². The molecule has 0 unspecified atom stereocenters. The first-order valence-electron chi connectivity index (χ1n) is 11.1. The van der Waals surface area contributed by atoms with E-state index in [1.54, 1.807) is 37.5 Å². The van der Waals surface area contributed by atoms with E-state index in [1.807, 2.05) is 0 Å². The SMILES string of the molecule is COc1ccc(/C=C2/N=C(SCC(=O)N[C@H]3CCS(=O)(=O)C3)N(c3ccc(OC(F)F)cc3)C2=O)cc1. The minimum atomic E-state index is -3.15. The molecule has 9 nitrogen and oxygen atoms in total. The van der Waals surface area contributed by atoms with Gasteiger partial charge < -0.3 is 14.8 Å². The van der Waals surface area contributed by atoms with Crippen molar-refractivity contribution in [2.24, 2.45) is 4.99 Å². The average molecular weight is 552 g/mol. The van der Waals surface area contributed by atoms with Crippen molar-refractivity contribution in [1.82, 2.24) is 5.32 Å². The van der Waals surface area contributed by atoms with Crippen LogP contribution in [0.1, 0.15) is 12.0 Å². The second-order valence-corrected chi connectivity index (χ2v) is 11.3. The number of carbonyl (C=O) groups is 2. The lowest BCUT2D eigenvalue weighted by Gasteiger charge is -2.18. The highest BCUT2D eigenvalue weighted by atomic mass is 32.2. The third kappa shape index (κ3) is 6.86. The number of hydrogen-bond acceptors (Lipinski definition) is 8. The molecule has 2 aliphatic rings. The van der Waals surface area contributed by atoms with Crippen LogP contribution in [0.15, 0.2) is 59.2 Å². The van der Waals surface area contributed by atoms with Gasteiger partial charge in [0.25, 0.3) is 5.91 Å². The van der Waals surface area contributed by atoms with E-state index >= 15 is 0 Å². The van der Waals surface area contributed by atoms with Crippen molar-refractivity contribution in [3.8, 4) is 11.5 Å². The molecule has 0 aromatic heterocycles. The summed E-state index contributed by atoms with van der Waals surface area (Å²) in [6.07, 6.45) is 1.94. The lowest BCUT2D eigenvalue weighted by Crippen LogP contribution is -2.37. The van der Waals surface area contributed by atoms with Crippen molar-refractivity contribution in [1.29, 1.82) is 0 Å². The zero-order valence-electron chi connectivity index (χ0n) is 19.6. The van der Waals surface area contributed by atoms with E-state index in [0.717, 1.165) is 11.8 Å². The van der Waals surface area contributed by atoms with Gasteiger partial charge in [0.1, 0.15) is 17.2 Å². The Bertz CT molecular complexity index is 1330. The second kappa shape index (κ2) is 11.3. The van der Waals surface area contributed by atoms with Crippen LogP contribution in [0.2, 0.25) is 0 Å². The van der Waals surface area contributed by atoms with E-state index in [9.17, 15) is 26.8 Å². The normalized spacial score (nSPS) is 19.8. The van der Waals surface area contributed by atoms with Gasteiger partial charge in [0.05, 0.1) is 30.1 Å². The van der Waals surface area contributed by atoms with Crippen molar-refractivity contribution in [2.75, 3.05) is 29.3 Å². The van der Waals surface area contributed by atoms with Gasteiger partial charge in [-0.05, 0) is 54.5 Å². The van der Waals surface area contributed by atoms with Crippen LogP contribution in [-0.4, -0.2) is 62.4 Å². The number of ether oxygens (including phenoxy) is 2. The lowest BCUT2D eigenvalue weighted by molar-refractivity contribution is -0.119. The quantitative estimate of drug-likeness (QED) is 0.502. The number of aliphatic imine (C=N–C) groups is 1. The van der Waals surface area contributed by atoms with Gasteiger partial charge >= 0.3 is 6.61 Å². The summed E-state index contributed by atoms with van der Waals surface area (Å²) in [5.74, 6) is -0.466. The Morgan fingerprint density at radius 3 is 2.46 bits per heavy atom. The van der Waals surface area contributed by atoms with Crippen molar-refractivity contribution in [3.63, 3.8) is 0 Å². The molecule has 0 aliphatic carbocycles. The Kier molecular flexibility index (Phi) is 8.13. The van der Waals surface area contributed by atoms with Crippen LogP contribution >= 0.6 is 11.8 Å². The van der Waals surface area contributed by atoms with Crippen molar-refractivity contribution in [3.05, 3.63) is 59.8 Å². The van der Waals surface area contributed by atoms with Gasteiger partial charge in [0, 0.05) is 6.04 Å². The fraction of sp³-hybridized carbons (Fsp3) is 0.292. The maximum atomic E-state index is 13.3. The summed E-state index contributed by atoms with van der Waals surface area (Å²) in [7, 11) is -1.61. The molecule has 1 atom stereocenters. The largest absolute Gasteiger partial charge is 0.497 e.